The fourth-order valence-electron chi connectivity index (χ4n) is 2.68. The Morgan fingerprint density at radius 2 is 1.77 bits per heavy atom. The normalized spacial score (nSPS) is 12.7. The van der Waals surface area contributed by atoms with Gasteiger partial charge in [0.2, 0.25) is 0 Å². The summed E-state index contributed by atoms with van der Waals surface area (Å²) in [7, 11) is 0. The van der Waals surface area contributed by atoms with Crippen LogP contribution < -0.4 is 11.5 Å². The molecule has 0 aliphatic carbocycles. The summed E-state index contributed by atoms with van der Waals surface area (Å²) in [6.07, 6.45) is 1.02. The molecule has 0 radical (unpaired) electrons. The van der Waals surface area contributed by atoms with Gasteiger partial charge < -0.3 is 16.0 Å². The monoisotopic (exact) mass is 296 g/mol. The van der Waals surface area contributed by atoms with Gasteiger partial charge in [0.05, 0.1) is 5.69 Å². The molecule has 22 heavy (non-hydrogen) atoms. The minimum absolute atomic E-state index is 0.348. The molecule has 0 spiro atoms. The molecule has 1 unspecified atom stereocenters. The largest absolute Gasteiger partial charge is 0.384 e. The summed E-state index contributed by atoms with van der Waals surface area (Å²) in [6.45, 7) is 6.34. The van der Waals surface area contributed by atoms with Gasteiger partial charge in [-0.25, -0.2) is 15.0 Å². The van der Waals surface area contributed by atoms with Gasteiger partial charge in [0.25, 0.3) is 0 Å². The Balaban J connectivity index is 2.20. The van der Waals surface area contributed by atoms with Crippen molar-refractivity contribution in [2.45, 2.75) is 33.2 Å². The van der Waals surface area contributed by atoms with Crippen LogP contribution in [0.4, 0.5) is 11.6 Å². The standard InChI is InChI=1S/C16H20N6/c1-4-9(2)22-10(3)19-13-6-5-12(20-16(13)22)11-7-14(17)21-15(18)8-11/h5-9H,4H2,1-3H3,(H4,17,18,21). The first-order chi connectivity index (χ1) is 10.5. The van der Waals surface area contributed by atoms with Gasteiger partial charge in [-0.2, -0.15) is 0 Å². The third-order valence-electron chi connectivity index (χ3n) is 3.91. The van der Waals surface area contributed by atoms with Crippen LogP contribution in [-0.2, 0) is 0 Å². The van der Waals surface area contributed by atoms with Crippen molar-refractivity contribution in [3.8, 4) is 11.3 Å². The maximum absolute atomic E-state index is 5.78. The predicted molar refractivity (Wildman–Crippen MR) is 89.3 cm³/mol. The smallest absolute Gasteiger partial charge is 0.160 e. The van der Waals surface area contributed by atoms with Gasteiger partial charge in [-0.15, -0.1) is 0 Å². The summed E-state index contributed by atoms with van der Waals surface area (Å²) in [4.78, 5) is 13.4. The van der Waals surface area contributed by atoms with Gasteiger partial charge >= 0.3 is 0 Å². The quantitative estimate of drug-likeness (QED) is 0.774. The minimum Gasteiger partial charge on any atom is -0.384 e. The number of fused-ring (bicyclic) bond motifs is 1. The van der Waals surface area contributed by atoms with Crippen molar-refractivity contribution in [2.75, 3.05) is 11.5 Å². The van der Waals surface area contributed by atoms with E-state index >= 15 is 0 Å². The first-order valence-corrected chi connectivity index (χ1v) is 7.38. The van der Waals surface area contributed by atoms with E-state index in [9.17, 15) is 0 Å². The summed E-state index contributed by atoms with van der Waals surface area (Å²) in [5.74, 6) is 1.76. The molecular weight excluding hydrogens is 276 g/mol. The molecule has 0 aliphatic rings. The number of nitrogens with zero attached hydrogens (tertiary/aromatic N) is 4. The summed E-state index contributed by atoms with van der Waals surface area (Å²) in [5, 5.41) is 0. The molecule has 0 fully saturated rings. The number of rotatable bonds is 3. The van der Waals surface area contributed by atoms with Crippen molar-refractivity contribution in [2.24, 2.45) is 0 Å². The highest BCUT2D eigenvalue weighted by Gasteiger charge is 2.14. The number of aromatic nitrogens is 4. The van der Waals surface area contributed by atoms with Crippen molar-refractivity contribution in [1.82, 2.24) is 19.5 Å². The molecule has 3 aromatic heterocycles. The Hall–Kier alpha value is -2.63. The molecule has 0 bridgehead atoms. The Morgan fingerprint density at radius 3 is 2.41 bits per heavy atom. The van der Waals surface area contributed by atoms with E-state index in [1.807, 2.05) is 19.1 Å². The van der Waals surface area contributed by atoms with Crippen molar-refractivity contribution < 1.29 is 0 Å². The fourth-order valence-corrected chi connectivity index (χ4v) is 2.68. The zero-order valence-electron chi connectivity index (χ0n) is 13.0. The van der Waals surface area contributed by atoms with Gasteiger partial charge in [0.1, 0.15) is 23.0 Å². The SMILES string of the molecule is CCC(C)n1c(C)nc2ccc(-c3cc(N)nc(N)c3)nc21. The molecule has 0 aliphatic heterocycles. The number of hydrogen-bond donors (Lipinski definition) is 2. The number of aryl methyl sites for hydroxylation is 1. The molecule has 114 valence electrons. The van der Waals surface area contributed by atoms with E-state index < -0.39 is 0 Å². The molecule has 6 heteroatoms. The van der Waals surface area contributed by atoms with Crippen LogP contribution in [0.25, 0.3) is 22.4 Å². The lowest BCUT2D eigenvalue weighted by Gasteiger charge is -2.13. The Morgan fingerprint density at radius 1 is 1.09 bits per heavy atom. The van der Waals surface area contributed by atoms with Crippen molar-refractivity contribution in [3.05, 3.63) is 30.1 Å². The van der Waals surface area contributed by atoms with Crippen LogP contribution >= 0.6 is 0 Å². The van der Waals surface area contributed by atoms with Gasteiger partial charge in [-0.05, 0) is 44.5 Å². The third-order valence-corrected chi connectivity index (χ3v) is 3.91. The zero-order valence-corrected chi connectivity index (χ0v) is 13.0. The van der Waals surface area contributed by atoms with Crippen LogP contribution in [0.2, 0.25) is 0 Å². The summed E-state index contributed by atoms with van der Waals surface area (Å²) >= 11 is 0. The molecule has 0 amide bonds. The second-order valence-corrected chi connectivity index (χ2v) is 5.53. The summed E-state index contributed by atoms with van der Waals surface area (Å²) in [6, 6.07) is 7.82. The van der Waals surface area contributed by atoms with E-state index in [1.54, 1.807) is 12.1 Å². The highest BCUT2D eigenvalue weighted by atomic mass is 15.1. The van der Waals surface area contributed by atoms with E-state index in [1.165, 1.54) is 0 Å². The van der Waals surface area contributed by atoms with E-state index in [-0.39, 0.29) is 0 Å². The van der Waals surface area contributed by atoms with E-state index in [0.29, 0.717) is 17.7 Å². The summed E-state index contributed by atoms with van der Waals surface area (Å²) in [5.41, 5.74) is 15.0. The molecule has 0 saturated carbocycles. The van der Waals surface area contributed by atoms with Crippen molar-refractivity contribution in [1.29, 1.82) is 0 Å². The highest BCUT2D eigenvalue weighted by Crippen LogP contribution is 2.26. The van der Waals surface area contributed by atoms with E-state index in [0.717, 1.165) is 34.7 Å². The van der Waals surface area contributed by atoms with Gasteiger partial charge in [0.15, 0.2) is 5.65 Å². The summed E-state index contributed by atoms with van der Waals surface area (Å²) < 4.78 is 2.17. The molecule has 1 atom stereocenters. The van der Waals surface area contributed by atoms with Crippen LogP contribution in [0.3, 0.4) is 0 Å². The number of hydrogen-bond acceptors (Lipinski definition) is 5. The number of imidazole rings is 1. The molecule has 6 nitrogen and oxygen atoms in total. The van der Waals surface area contributed by atoms with Gasteiger partial charge in [-0.3, -0.25) is 0 Å². The molecule has 0 aromatic carbocycles. The third kappa shape index (κ3) is 2.36. The molecule has 3 heterocycles. The van der Waals surface area contributed by atoms with Crippen LogP contribution in [0, 0.1) is 6.92 Å². The average molecular weight is 296 g/mol. The first kappa shape index (κ1) is 14.3. The second kappa shape index (κ2) is 5.29. The molecule has 0 saturated heterocycles. The van der Waals surface area contributed by atoms with Crippen LogP contribution in [0.1, 0.15) is 32.1 Å². The first-order valence-electron chi connectivity index (χ1n) is 7.38. The van der Waals surface area contributed by atoms with Gasteiger partial charge in [-0.1, -0.05) is 6.92 Å². The highest BCUT2D eigenvalue weighted by molar-refractivity contribution is 5.77. The minimum atomic E-state index is 0.348. The van der Waals surface area contributed by atoms with Crippen LogP contribution in [-0.4, -0.2) is 19.5 Å². The van der Waals surface area contributed by atoms with E-state index in [2.05, 4.69) is 28.4 Å². The topological polar surface area (TPSA) is 95.6 Å². The van der Waals surface area contributed by atoms with E-state index in [4.69, 9.17) is 16.5 Å². The maximum Gasteiger partial charge on any atom is 0.160 e. The molecule has 3 rings (SSSR count). The van der Waals surface area contributed by atoms with Crippen molar-refractivity contribution in [3.63, 3.8) is 0 Å². The number of nitrogen functional groups attached to an aromatic ring is 2. The number of anilines is 2. The number of nitrogens with two attached hydrogens (primary N) is 2. The average Bonchev–Trinajstić information content (AvgIpc) is 2.80. The molecular formula is C16H20N6. The Bertz CT molecular complexity index is 816. The van der Waals surface area contributed by atoms with Crippen LogP contribution in [0.15, 0.2) is 24.3 Å². The Labute approximate surface area is 129 Å². The van der Waals surface area contributed by atoms with Crippen LogP contribution in [0.5, 0.6) is 0 Å². The van der Waals surface area contributed by atoms with Crippen molar-refractivity contribution >= 4 is 22.8 Å². The zero-order chi connectivity index (χ0) is 15.9. The lowest BCUT2D eigenvalue weighted by Crippen LogP contribution is -2.07. The maximum atomic E-state index is 5.78. The Kier molecular flexibility index (Phi) is 3.44. The predicted octanol–water partition coefficient (Wildman–Crippen LogP) is 2.94. The number of pyridine rings is 2. The fraction of sp³-hybridized carbons (Fsp3) is 0.312. The molecule has 3 aromatic rings. The molecule has 4 N–H and O–H groups in total. The van der Waals surface area contributed by atoms with Gasteiger partial charge in [0, 0.05) is 11.6 Å². The lowest BCUT2D eigenvalue weighted by molar-refractivity contribution is 0.529. The second-order valence-electron chi connectivity index (χ2n) is 5.53. The lowest BCUT2D eigenvalue weighted by atomic mass is 10.1.